The molecule has 2 aromatic carbocycles. The summed E-state index contributed by atoms with van der Waals surface area (Å²) in [6.07, 6.45) is 2.79. The maximum atomic E-state index is 12.5. The van der Waals surface area contributed by atoms with Crippen LogP contribution in [0.15, 0.2) is 73.1 Å². The minimum Gasteiger partial charge on any atom is -0.445 e. The second-order valence-corrected chi connectivity index (χ2v) is 6.52. The number of aromatic nitrogens is 1. The average molecular weight is 404 g/mol. The van der Waals surface area contributed by atoms with Crippen molar-refractivity contribution in [1.82, 2.24) is 10.3 Å². The molecule has 0 atom stereocenters. The van der Waals surface area contributed by atoms with Gasteiger partial charge in [-0.2, -0.15) is 0 Å². The van der Waals surface area contributed by atoms with Gasteiger partial charge in [0.15, 0.2) is 0 Å². The molecule has 3 rings (SSSR count). The Labute approximate surface area is 175 Å². The summed E-state index contributed by atoms with van der Waals surface area (Å²) < 4.78 is 5.15. The minimum atomic E-state index is -0.513. The number of amides is 2. The molecule has 7 nitrogen and oxygen atoms in total. The van der Waals surface area contributed by atoms with Crippen molar-refractivity contribution in [3.8, 4) is 0 Å². The van der Waals surface area contributed by atoms with Gasteiger partial charge in [-0.05, 0) is 42.8 Å². The SMILES string of the molecule is CCNc1ccccc1NC(=O)c1ccc(CNC(=O)OCc2cccnc2)cc1. The fourth-order valence-electron chi connectivity index (χ4n) is 2.76. The lowest BCUT2D eigenvalue weighted by molar-refractivity contribution is 0.102. The van der Waals surface area contributed by atoms with Crippen molar-refractivity contribution in [3.05, 3.63) is 89.7 Å². The molecule has 154 valence electrons. The second kappa shape index (κ2) is 10.6. The molecule has 1 heterocycles. The van der Waals surface area contributed by atoms with Crippen LogP contribution in [0, 0.1) is 0 Å². The monoisotopic (exact) mass is 404 g/mol. The number of nitrogens with zero attached hydrogens (tertiary/aromatic N) is 1. The highest BCUT2D eigenvalue weighted by atomic mass is 16.5. The van der Waals surface area contributed by atoms with Gasteiger partial charge in [-0.3, -0.25) is 9.78 Å². The first-order valence-corrected chi connectivity index (χ1v) is 9.68. The lowest BCUT2D eigenvalue weighted by atomic mass is 10.1. The van der Waals surface area contributed by atoms with Crippen molar-refractivity contribution in [2.24, 2.45) is 0 Å². The minimum absolute atomic E-state index is 0.160. The zero-order chi connectivity index (χ0) is 21.2. The number of hydrogen-bond acceptors (Lipinski definition) is 5. The van der Waals surface area contributed by atoms with Crippen molar-refractivity contribution in [2.45, 2.75) is 20.1 Å². The molecule has 3 N–H and O–H groups in total. The zero-order valence-corrected chi connectivity index (χ0v) is 16.7. The Hall–Kier alpha value is -3.87. The van der Waals surface area contributed by atoms with Crippen molar-refractivity contribution in [2.75, 3.05) is 17.2 Å². The Morgan fingerprint density at radius 3 is 2.40 bits per heavy atom. The fourth-order valence-corrected chi connectivity index (χ4v) is 2.76. The number of carbonyl (C=O) groups is 2. The molecule has 1 aromatic heterocycles. The van der Waals surface area contributed by atoms with Crippen LogP contribution in [-0.4, -0.2) is 23.5 Å². The molecule has 0 aliphatic rings. The van der Waals surface area contributed by atoms with E-state index in [1.165, 1.54) is 0 Å². The Bertz CT molecular complexity index is 975. The van der Waals surface area contributed by atoms with E-state index in [0.29, 0.717) is 12.1 Å². The largest absolute Gasteiger partial charge is 0.445 e. The van der Waals surface area contributed by atoms with Crippen LogP contribution in [0.2, 0.25) is 0 Å². The summed E-state index contributed by atoms with van der Waals surface area (Å²) in [6, 6.07) is 18.2. The Morgan fingerprint density at radius 2 is 1.70 bits per heavy atom. The van der Waals surface area contributed by atoms with E-state index in [0.717, 1.165) is 29.0 Å². The van der Waals surface area contributed by atoms with E-state index in [2.05, 4.69) is 20.9 Å². The Balaban J connectivity index is 1.49. The molecule has 0 fully saturated rings. The van der Waals surface area contributed by atoms with E-state index in [1.807, 2.05) is 37.3 Å². The van der Waals surface area contributed by atoms with Gasteiger partial charge in [0.1, 0.15) is 6.61 Å². The molecular formula is C23H24N4O3. The predicted octanol–water partition coefficient (Wildman–Crippen LogP) is 4.19. The first kappa shape index (κ1) is 20.9. The molecule has 30 heavy (non-hydrogen) atoms. The van der Waals surface area contributed by atoms with Gasteiger partial charge >= 0.3 is 6.09 Å². The van der Waals surface area contributed by atoms with Gasteiger partial charge in [-0.25, -0.2) is 4.79 Å². The molecule has 0 aliphatic heterocycles. The van der Waals surface area contributed by atoms with Crippen LogP contribution in [-0.2, 0) is 17.9 Å². The third kappa shape index (κ3) is 6.07. The van der Waals surface area contributed by atoms with Gasteiger partial charge in [0.25, 0.3) is 5.91 Å². The van der Waals surface area contributed by atoms with Gasteiger partial charge in [0, 0.05) is 36.6 Å². The van der Waals surface area contributed by atoms with Crippen molar-refractivity contribution in [3.63, 3.8) is 0 Å². The highest BCUT2D eigenvalue weighted by Gasteiger charge is 2.09. The number of para-hydroxylation sites is 2. The van der Waals surface area contributed by atoms with Crippen LogP contribution in [0.3, 0.4) is 0 Å². The lowest BCUT2D eigenvalue weighted by Crippen LogP contribution is -2.23. The van der Waals surface area contributed by atoms with E-state index < -0.39 is 6.09 Å². The molecule has 0 bridgehead atoms. The first-order chi connectivity index (χ1) is 14.7. The number of rotatable bonds is 8. The summed E-state index contributed by atoms with van der Waals surface area (Å²) in [5.74, 6) is -0.198. The molecule has 3 aromatic rings. The molecule has 0 unspecified atom stereocenters. The molecule has 0 aliphatic carbocycles. The molecule has 0 saturated heterocycles. The van der Waals surface area contributed by atoms with Gasteiger partial charge in [0.05, 0.1) is 11.4 Å². The summed E-state index contributed by atoms with van der Waals surface area (Å²) in [6.45, 7) is 3.23. The third-order valence-corrected chi connectivity index (χ3v) is 4.29. The number of carbonyl (C=O) groups excluding carboxylic acids is 2. The smallest absolute Gasteiger partial charge is 0.407 e. The van der Waals surface area contributed by atoms with Crippen molar-refractivity contribution < 1.29 is 14.3 Å². The van der Waals surface area contributed by atoms with Crippen LogP contribution < -0.4 is 16.0 Å². The van der Waals surface area contributed by atoms with Crippen LogP contribution in [0.5, 0.6) is 0 Å². The average Bonchev–Trinajstić information content (AvgIpc) is 2.79. The van der Waals surface area contributed by atoms with E-state index in [1.54, 1.807) is 42.7 Å². The van der Waals surface area contributed by atoms with Gasteiger partial charge in [-0.1, -0.05) is 30.3 Å². The maximum Gasteiger partial charge on any atom is 0.407 e. The number of pyridine rings is 1. The summed E-state index contributed by atoms with van der Waals surface area (Å²) in [4.78, 5) is 28.3. The fraction of sp³-hybridized carbons (Fsp3) is 0.174. The number of nitrogens with one attached hydrogen (secondary N) is 3. The first-order valence-electron chi connectivity index (χ1n) is 9.68. The summed E-state index contributed by atoms with van der Waals surface area (Å²) in [5, 5.41) is 8.83. The molecule has 0 saturated carbocycles. The standard InChI is InChI=1S/C23H24N4O3/c1-2-25-20-7-3-4-8-21(20)27-22(28)19-11-9-17(10-12-19)15-26-23(29)30-16-18-6-5-13-24-14-18/h3-14,25H,2,15-16H2,1H3,(H,26,29)(H,27,28). The van der Waals surface area contributed by atoms with Gasteiger partial charge < -0.3 is 20.7 Å². The van der Waals surface area contributed by atoms with Crippen LogP contribution in [0.4, 0.5) is 16.2 Å². The van der Waals surface area contributed by atoms with E-state index in [9.17, 15) is 9.59 Å². The van der Waals surface area contributed by atoms with Gasteiger partial charge in [-0.15, -0.1) is 0 Å². The van der Waals surface area contributed by atoms with Crippen molar-refractivity contribution in [1.29, 1.82) is 0 Å². The van der Waals surface area contributed by atoms with Gasteiger partial charge in [0.2, 0.25) is 0 Å². The number of anilines is 2. The Kier molecular flexibility index (Phi) is 7.38. The van der Waals surface area contributed by atoms with Crippen LogP contribution in [0.25, 0.3) is 0 Å². The number of ether oxygens (including phenoxy) is 1. The molecule has 0 radical (unpaired) electrons. The molecular weight excluding hydrogens is 380 g/mol. The predicted molar refractivity (Wildman–Crippen MR) is 116 cm³/mol. The second-order valence-electron chi connectivity index (χ2n) is 6.52. The van der Waals surface area contributed by atoms with Crippen molar-refractivity contribution >= 4 is 23.4 Å². The highest BCUT2D eigenvalue weighted by Crippen LogP contribution is 2.21. The molecule has 2 amide bonds. The van der Waals surface area contributed by atoms with E-state index in [4.69, 9.17) is 4.74 Å². The number of hydrogen-bond donors (Lipinski definition) is 3. The number of alkyl carbamates (subject to hydrolysis) is 1. The summed E-state index contributed by atoms with van der Waals surface area (Å²) >= 11 is 0. The third-order valence-electron chi connectivity index (χ3n) is 4.29. The van der Waals surface area contributed by atoms with Crippen LogP contribution >= 0.6 is 0 Å². The number of benzene rings is 2. The molecule has 7 heteroatoms. The van der Waals surface area contributed by atoms with E-state index in [-0.39, 0.29) is 12.5 Å². The van der Waals surface area contributed by atoms with Crippen LogP contribution in [0.1, 0.15) is 28.4 Å². The quantitative estimate of drug-likeness (QED) is 0.523. The highest BCUT2D eigenvalue weighted by molar-refractivity contribution is 6.05. The normalized spacial score (nSPS) is 10.2. The van der Waals surface area contributed by atoms with E-state index >= 15 is 0 Å². The topological polar surface area (TPSA) is 92.3 Å². The summed E-state index contributed by atoms with van der Waals surface area (Å²) in [5.41, 5.74) is 3.81. The maximum absolute atomic E-state index is 12.5. The lowest BCUT2D eigenvalue weighted by Gasteiger charge is -2.12. The zero-order valence-electron chi connectivity index (χ0n) is 16.7. The summed E-state index contributed by atoms with van der Waals surface area (Å²) in [7, 11) is 0. The Morgan fingerprint density at radius 1 is 0.933 bits per heavy atom. The molecule has 0 spiro atoms.